The quantitative estimate of drug-likeness (QED) is 0.441. The van der Waals surface area contributed by atoms with Gasteiger partial charge >= 0.3 is 6.18 Å². The molecule has 2 aromatic heterocycles. The van der Waals surface area contributed by atoms with Crippen molar-refractivity contribution in [2.45, 2.75) is 36.5 Å². The largest absolute Gasteiger partial charge is 0.435 e. The zero-order valence-corrected chi connectivity index (χ0v) is 19.4. The molecule has 36 heavy (non-hydrogen) atoms. The molecule has 1 fully saturated rings. The van der Waals surface area contributed by atoms with Gasteiger partial charge in [-0.05, 0) is 43.5 Å². The van der Waals surface area contributed by atoms with Crippen molar-refractivity contribution in [3.63, 3.8) is 0 Å². The van der Waals surface area contributed by atoms with Crippen molar-refractivity contribution in [3.05, 3.63) is 58.9 Å². The number of nitrogens with zero attached hydrogens (tertiary/aromatic N) is 4. The van der Waals surface area contributed by atoms with Crippen LogP contribution in [0.1, 0.15) is 40.2 Å². The summed E-state index contributed by atoms with van der Waals surface area (Å²) in [4.78, 5) is 20.2. The van der Waals surface area contributed by atoms with Crippen LogP contribution in [0.2, 0.25) is 0 Å². The molecule has 2 heterocycles. The second-order valence-corrected chi connectivity index (χ2v) is 10.3. The van der Waals surface area contributed by atoms with Gasteiger partial charge in [-0.3, -0.25) is 4.79 Å². The molecule has 2 N–H and O–H groups in total. The number of carbonyl (C=O) groups excluding carboxylic acids is 1. The molecule has 3 aromatic rings. The van der Waals surface area contributed by atoms with Crippen LogP contribution in [0.25, 0.3) is 0 Å². The molecule has 0 bridgehead atoms. The number of hydrogen-bond donors (Lipinski definition) is 2. The molecule has 1 amide bonds. The number of amides is 1. The minimum absolute atomic E-state index is 0.0167. The van der Waals surface area contributed by atoms with Gasteiger partial charge in [0.25, 0.3) is 23.6 Å². The predicted molar refractivity (Wildman–Crippen MR) is 115 cm³/mol. The highest BCUT2D eigenvalue weighted by Gasteiger charge is 2.47. The number of aromatic nitrogens is 4. The molecule has 0 aliphatic heterocycles. The van der Waals surface area contributed by atoms with Crippen LogP contribution >= 0.6 is 0 Å². The van der Waals surface area contributed by atoms with E-state index in [0.717, 1.165) is 19.4 Å². The van der Waals surface area contributed by atoms with E-state index in [1.165, 1.54) is 24.3 Å². The maximum Gasteiger partial charge on any atom is 0.435 e. The molecule has 190 valence electrons. The van der Waals surface area contributed by atoms with E-state index in [9.17, 15) is 31.0 Å². The fourth-order valence-corrected chi connectivity index (χ4v) is 3.90. The fraction of sp³-hybridized carbons (Fsp3) is 0.286. The second-order valence-electron chi connectivity index (χ2n) is 8.10. The van der Waals surface area contributed by atoms with Crippen molar-refractivity contribution >= 4 is 21.3 Å². The minimum Gasteiger partial charge on any atom is -0.414 e. The number of halogens is 5. The summed E-state index contributed by atoms with van der Waals surface area (Å²) in [5, 5.41) is 8.70. The van der Waals surface area contributed by atoms with Crippen LogP contribution in [0.4, 0.5) is 27.6 Å². The number of rotatable bonds is 6. The molecule has 4 rings (SSSR count). The molecule has 9 nitrogen and oxygen atoms in total. The first-order chi connectivity index (χ1) is 16.7. The highest BCUT2D eigenvalue weighted by Crippen LogP contribution is 2.48. The zero-order valence-electron chi connectivity index (χ0n) is 18.6. The van der Waals surface area contributed by atoms with Gasteiger partial charge in [-0.2, -0.15) is 17.6 Å². The summed E-state index contributed by atoms with van der Waals surface area (Å²) in [6.45, 7) is 0.948. The Morgan fingerprint density at radius 1 is 1.22 bits per heavy atom. The van der Waals surface area contributed by atoms with Crippen molar-refractivity contribution in [2.75, 3.05) is 11.6 Å². The Morgan fingerprint density at radius 2 is 1.92 bits per heavy atom. The third kappa shape index (κ3) is 5.10. The summed E-state index contributed by atoms with van der Waals surface area (Å²) >= 11 is 0. The average molecular weight is 528 g/mol. The highest BCUT2D eigenvalue weighted by molar-refractivity contribution is 7.91. The Morgan fingerprint density at radius 3 is 2.50 bits per heavy atom. The second kappa shape index (κ2) is 8.72. The van der Waals surface area contributed by atoms with E-state index in [2.05, 4.69) is 25.5 Å². The standard InChI is InChI=1S/C21H17F5N6O3S/c1-10-14(17(33)29-11-4-3-5-12(8-11)36(2,27)34)18(32-31-15(10)21(24,25)26)35-19-16(22)30-13(9-28-19)20(23)6-7-20/h3-5,8-9,27H,6-7H2,1-2H3,(H,29,33). The molecule has 0 spiro atoms. The van der Waals surface area contributed by atoms with Gasteiger partial charge < -0.3 is 10.1 Å². The lowest BCUT2D eigenvalue weighted by atomic mass is 10.1. The van der Waals surface area contributed by atoms with E-state index in [-0.39, 0.29) is 29.1 Å². The number of alkyl halides is 4. The van der Waals surface area contributed by atoms with Gasteiger partial charge in [0.1, 0.15) is 5.56 Å². The van der Waals surface area contributed by atoms with Crippen LogP contribution in [0.15, 0.2) is 35.4 Å². The Hall–Kier alpha value is -3.75. The van der Waals surface area contributed by atoms with Gasteiger partial charge in [0.2, 0.25) is 0 Å². The highest BCUT2D eigenvalue weighted by atomic mass is 32.2. The molecule has 1 aromatic carbocycles. The lowest BCUT2D eigenvalue weighted by Gasteiger charge is -2.16. The number of benzene rings is 1. The molecule has 0 saturated heterocycles. The molecule has 0 radical (unpaired) electrons. The predicted octanol–water partition coefficient (Wildman–Crippen LogP) is 4.77. The minimum atomic E-state index is -4.98. The molecule has 1 aliphatic rings. The number of anilines is 1. The van der Waals surface area contributed by atoms with E-state index in [1.807, 2.05) is 0 Å². The van der Waals surface area contributed by atoms with Crippen LogP contribution in [0, 0.1) is 17.7 Å². The van der Waals surface area contributed by atoms with E-state index in [1.54, 1.807) is 0 Å². The van der Waals surface area contributed by atoms with Crippen molar-refractivity contribution in [1.82, 2.24) is 20.2 Å². The number of hydrogen-bond acceptors (Lipinski definition) is 8. The van der Waals surface area contributed by atoms with Gasteiger partial charge in [0.15, 0.2) is 11.4 Å². The van der Waals surface area contributed by atoms with Gasteiger partial charge in [-0.25, -0.2) is 23.3 Å². The monoisotopic (exact) mass is 528 g/mol. The van der Waals surface area contributed by atoms with Crippen LogP contribution in [0.5, 0.6) is 11.8 Å². The van der Waals surface area contributed by atoms with E-state index in [4.69, 9.17) is 9.52 Å². The molecular weight excluding hydrogens is 511 g/mol. The van der Waals surface area contributed by atoms with Crippen molar-refractivity contribution < 1.29 is 35.7 Å². The number of nitrogens with one attached hydrogen (secondary N) is 2. The van der Waals surface area contributed by atoms with Gasteiger partial charge in [-0.15, -0.1) is 10.2 Å². The van der Waals surface area contributed by atoms with E-state index in [0.29, 0.717) is 0 Å². The van der Waals surface area contributed by atoms with Crippen molar-refractivity contribution in [3.8, 4) is 11.8 Å². The zero-order chi connectivity index (χ0) is 26.5. The van der Waals surface area contributed by atoms with Gasteiger partial charge in [0, 0.05) is 16.8 Å². The molecule has 1 atom stereocenters. The maximum absolute atomic E-state index is 14.5. The molecule has 1 saturated carbocycles. The first-order valence-electron chi connectivity index (χ1n) is 10.2. The van der Waals surface area contributed by atoms with Crippen molar-refractivity contribution in [2.24, 2.45) is 0 Å². The van der Waals surface area contributed by atoms with E-state index < -0.39 is 62.0 Å². The average Bonchev–Trinajstić information content (AvgIpc) is 3.52. The third-order valence-electron chi connectivity index (χ3n) is 5.26. The molecule has 1 aliphatic carbocycles. The summed E-state index contributed by atoms with van der Waals surface area (Å²) in [5.41, 5.74) is -4.93. The lowest BCUT2D eigenvalue weighted by molar-refractivity contribution is -0.142. The van der Waals surface area contributed by atoms with Gasteiger partial charge in [-0.1, -0.05) is 6.07 Å². The summed E-state index contributed by atoms with van der Waals surface area (Å²) in [7, 11) is -3.15. The van der Waals surface area contributed by atoms with Crippen LogP contribution in [-0.4, -0.2) is 36.5 Å². The smallest absolute Gasteiger partial charge is 0.414 e. The normalized spacial score (nSPS) is 16.2. The third-order valence-corrected chi connectivity index (χ3v) is 6.42. The maximum atomic E-state index is 14.5. The first-order valence-corrected chi connectivity index (χ1v) is 12.2. The fourth-order valence-electron chi connectivity index (χ4n) is 3.21. The van der Waals surface area contributed by atoms with Crippen LogP contribution in [0.3, 0.4) is 0 Å². The van der Waals surface area contributed by atoms with Crippen LogP contribution < -0.4 is 10.1 Å². The van der Waals surface area contributed by atoms with Gasteiger partial charge in [0.05, 0.1) is 21.6 Å². The Labute approximate surface area is 201 Å². The van der Waals surface area contributed by atoms with Crippen LogP contribution in [-0.2, 0) is 21.6 Å². The topological polar surface area (TPSA) is 131 Å². The Bertz CT molecular complexity index is 1480. The summed E-state index contributed by atoms with van der Waals surface area (Å²) in [6, 6.07) is 5.35. The van der Waals surface area contributed by atoms with Crippen molar-refractivity contribution in [1.29, 1.82) is 4.78 Å². The SMILES string of the molecule is Cc1c(C(F)(F)F)nnc(Oc2ncc(C3(F)CC3)nc2F)c1C(=O)Nc1cccc(S(C)(=N)=O)c1. The Balaban J connectivity index is 1.73. The number of ether oxygens (including phenoxy) is 1. The lowest BCUT2D eigenvalue weighted by Crippen LogP contribution is -2.21. The Kier molecular flexibility index (Phi) is 6.14. The molecular formula is C21H17F5N6O3S. The van der Waals surface area contributed by atoms with E-state index >= 15 is 0 Å². The summed E-state index contributed by atoms with van der Waals surface area (Å²) < 4.78 is 93.8. The number of carbonyl (C=O) groups is 1. The molecule has 15 heteroatoms. The molecule has 1 unspecified atom stereocenters. The summed E-state index contributed by atoms with van der Waals surface area (Å²) in [5.74, 6) is -4.16. The summed E-state index contributed by atoms with van der Waals surface area (Å²) in [6.07, 6.45) is -2.62. The first kappa shape index (κ1) is 25.3.